The normalized spacial score (nSPS) is 15.0. The van der Waals surface area contributed by atoms with Gasteiger partial charge in [0.15, 0.2) is 0 Å². The van der Waals surface area contributed by atoms with Crippen LogP contribution in [0, 0.1) is 0 Å². The molecule has 0 spiro atoms. The Labute approximate surface area is 589 Å². The third-order valence-corrected chi connectivity index (χ3v) is 16.4. The van der Waals surface area contributed by atoms with Crippen LogP contribution in [0.5, 0.6) is 0 Å². The summed E-state index contributed by atoms with van der Waals surface area (Å²) in [5.74, 6) is -12.4. The van der Waals surface area contributed by atoms with E-state index in [2.05, 4.69) is 58.2 Å². The summed E-state index contributed by atoms with van der Waals surface area (Å²) in [5.41, 5.74) is 25.9. The summed E-state index contributed by atoms with van der Waals surface area (Å²) in [7, 11) is 0. The zero-order valence-corrected chi connectivity index (χ0v) is 56.8. The smallest absolute Gasteiger partial charge is 0.303 e. The highest BCUT2D eigenvalue weighted by Crippen LogP contribution is 2.21. The molecular formula is C70H94N15O17. The summed E-state index contributed by atoms with van der Waals surface area (Å²) >= 11 is 0. The van der Waals surface area contributed by atoms with Gasteiger partial charge in [-0.15, -0.1) is 0 Å². The molecule has 32 nitrogen and oxygen atoms in total. The van der Waals surface area contributed by atoms with Crippen LogP contribution in [0.4, 0.5) is 0 Å². The average Bonchev–Trinajstić information content (AvgIpc) is 1.58. The first-order chi connectivity index (χ1) is 48.7. The monoisotopic (exact) mass is 1420 g/mol. The van der Waals surface area contributed by atoms with Gasteiger partial charge in [0.2, 0.25) is 71.3 Å². The summed E-state index contributed by atoms with van der Waals surface area (Å²) in [5, 5.41) is 66.7. The molecule has 5 aromatic rings. The predicted molar refractivity (Wildman–Crippen MR) is 372 cm³/mol. The first kappa shape index (κ1) is 82.2. The number of aromatic amines is 1. The van der Waals surface area contributed by atoms with E-state index < -0.39 is 169 Å². The molecule has 0 unspecified atom stereocenters. The number of hydrogen-bond donors (Lipinski definition) is 19. The van der Waals surface area contributed by atoms with Gasteiger partial charge in [0.05, 0.1) is 37.3 Å². The van der Waals surface area contributed by atoms with Crippen LogP contribution in [0.15, 0.2) is 121 Å². The number of para-hydroxylation sites is 1. The number of nitrogens with one attached hydrogen (secondary N) is 11. The molecule has 0 fully saturated rings. The van der Waals surface area contributed by atoms with E-state index in [0.29, 0.717) is 59.0 Å². The number of rotatable bonds is 45. The van der Waals surface area contributed by atoms with Crippen molar-refractivity contribution in [2.75, 3.05) is 19.7 Å². The van der Waals surface area contributed by atoms with E-state index in [-0.39, 0.29) is 57.9 Å². The summed E-state index contributed by atoms with van der Waals surface area (Å²) in [6.07, 6.45) is -1.20. The zero-order valence-electron chi connectivity index (χ0n) is 56.8. The number of carboxylic acid groups (broad SMARTS) is 1. The first-order valence-electron chi connectivity index (χ1n) is 33.5. The lowest BCUT2D eigenvalue weighted by Crippen LogP contribution is -2.63. The average molecular weight is 1420 g/mol. The van der Waals surface area contributed by atoms with Gasteiger partial charge < -0.3 is 102 Å². The number of hydrogen-bond acceptors (Lipinski definition) is 19. The van der Waals surface area contributed by atoms with E-state index in [0.717, 1.165) is 13.8 Å². The number of aliphatic carboxylic acids is 1. The van der Waals surface area contributed by atoms with Crippen molar-refractivity contribution in [1.82, 2.24) is 58.2 Å². The Hall–Kier alpha value is -10.5. The van der Waals surface area contributed by atoms with Gasteiger partial charge in [0.1, 0.15) is 54.4 Å². The molecule has 0 aliphatic heterocycles. The molecule has 0 saturated heterocycles. The third-order valence-electron chi connectivity index (χ3n) is 16.4. The van der Waals surface area contributed by atoms with Crippen molar-refractivity contribution in [3.05, 3.63) is 144 Å². The number of benzene rings is 4. The van der Waals surface area contributed by atoms with E-state index >= 15 is 9.59 Å². The largest absolute Gasteiger partial charge is 0.481 e. The van der Waals surface area contributed by atoms with Crippen molar-refractivity contribution < 1.29 is 82.8 Å². The van der Waals surface area contributed by atoms with E-state index in [4.69, 9.17) is 28.0 Å². The fraction of sp³-hybridized carbons (Fsp3) is 0.443. The highest BCUT2D eigenvalue weighted by Gasteiger charge is 2.38. The maximum atomic E-state index is 15.2. The molecule has 1 heterocycles. The van der Waals surface area contributed by atoms with Gasteiger partial charge in [-0.05, 0) is 93.8 Å². The van der Waals surface area contributed by atoms with Crippen LogP contribution in [0.2, 0.25) is 0 Å². The summed E-state index contributed by atoms with van der Waals surface area (Å²) < 4.78 is 0. The van der Waals surface area contributed by atoms with Crippen LogP contribution in [0.3, 0.4) is 0 Å². The second-order valence-electron chi connectivity index (χ2n) is 24.7. The van der Waals surface area contributed by atoms with E-state index in [9.17, 15) is 68.1 Å². The first-order valence-corrected chi connectivity index (χ1v) is 33.5. The highest BCUT2D eigenvalue weighted by molar-refractivity contribution is 6.00. The number of aliphatic hydroxyl groups is 3. The van der Waals surface area contributed by atoms with Crippen molar-refractivity contribution in [2.24, 2.45) is 22.9 Å². The van der Waals surface area contributed by atoms with Crippen LogP contribution >= 0.6 is 0 Å². The summed E-state index contributed by atoms with van der Waals surface area (Å²) in [4.78, 5) is 181. The van der Waals surface area contributed by atoms with Gasteiger partial charge >= 0.3 is 5.97 Å². The third kappa shape index (κ3) is 27.2. The lowest BCUT2D eigenvalue weighted by Gasteiger charge is -2.29. The highest BCUT2D eigenvalue weighted by atomic mass is 16.4. The van der Waals surface area contributed by atoms with Crippen LogP contribution < -0.4 is 76.1 Å². The van der Waals surface area contributed by atoms with Crippen LogP contribution in [-0.2, 0) is 88.0 Å². The van der Waals surface area contributed by atoms with Gasteiger partial charge in [0.25, 0.3) is 0 Å². The van der Waals surface area contributed by atoms with E-state index in [1.54, 1.807) is 121 Å². The minimum atomic E-state index is -1.89. The van der Waals surface area contributed by atoms with Crippen molar-refractivity contribution in [1.29, 1.82) is 0 Å². The molecule has 13 atom stereocenters. The Bertz CT molecular complexity index is 3600. The van der Waals surface area contributed by atoms with E-state index in [1.807, 2.05) is 0 Å². The second-order valence-corrected chi connectivity index (χ2v) is 24.7. The maximum Gasteiger partial charge on any atom is 0.303 e. The molecule has 1 radical (unpaired) electrons. The van der Waals surface area contributed by atoms with Gasteiger partial charge in [-0.2, -0.15) is 0 Å². The Morgan fingerprint density at radius 3 is 1.27 bits per heavy atom. The van der Waals surface area contributed by atoms with Gasteiger partial charge in [0, 0.05) is 49.2 Å². The molecule has 23 N–H and O–H groups in total. The minimum Gasteiger partial charge on any atom is -0.481 e. The number of primary amides is 1. The number of unbranched alkanes of at least 4 members (excludes halogenated alkanes) is 2. The molecule has 4 aromatic carbocycles. The summed E-state index contributed by atoms with van der Waals surface area (Å²) in [6, 6.07) is 14.7. The molecule has 0 saturated carbocycles. The number of carbonyl (C=O) groups is 12. The second kappa shape index (κ2) is 42.6. The number of amides is 11. The fourth-order valence-corrected chi connectivity index (χ4v) is 10.8. The molecule has 11 amide bonds. The maximum absolute atomic E-state index is 15.2. The van der Waals surface area contributed by atoms with Gasteiger partial charge in [-0.3, -0.25) is 62.3 Å². The molecule has 551 valence electrons. The van der Waals surface area contributed by atoms with Crippen molar-refractivity contribution in [3.8, 4) is 0 Å². The minimum absolute atomic E-state index is 0.134. The molecule has 1 aromatic heterocycles. The van der Waals surface area contributed by atoms with Crippen LogP contribution in [0.1, 0.15) is 93.9 Å². The number of H-pyrrole nitrogens is 1. The van der Waals surface area contributed by atoms with Crippen LogP contribution in [0.25, 0.3) is 10.9 Å². The number of carbonyl (C=O) groups excluding carboxylic acids is 12. The zero-order chi connectivity index (χ0) is 74.8. The molecule has 32 heteroatoms. The Kier molecular flexibility index (Phi) is 34.3. The molecule has 0 aliphatic carbocycles. The topological polar surface area (TPSA) is 543 Å². The SMILES string of the molecule is C[C@@H](O)[C@H](NC(=O)[C@H](Cc1ccccc1)NC(=O)[C@@H](NC(=O)[C@H](CCCCN)NC(=O)[C@@H](Cc1c[nH]c2ccccc12)NC(=O)[C@H](Cc1ccccc1)NC(=O)[C@H](Cc1ccccc1)NC(=O)[C@H](CC(N)=O)NC(=O)[C@@H](N)CCCCN)[C@@H](C)O)C(=O)N[C@@H](CO)C(=O)N[C@H]([C]=O)CCC(=O)O. The lowest BCUT2D eigenvalue weighted by atomic mass is 10.00. The van der Waals surface area contributed by atoms with Crippen LogP contribution in [-0.4, -0.2) is 201 Å². The standard InChI is InChI=1S/C70H94N15O17/c1-40(88)59(69(101)82-53(34-44-22-10-5-11-23-44)67(99)85-60(41(2)89)70(102)83-56(39-87)68(100)76-46(38-86)28-29-58(91)92)84-62(94)50(27-15-17-31-72)77-65(97)54(35-45-37-75-49-26-13-12-24-47(45)49)81-64(96)52(33-43-20-8-4-9-21-43)79-63(95)51(32-42-18-6-3-7-19-42)80-66(98)55(36-57(74)90)78-61(93)48(73)25-14-16-30-71/h3-13,18-24,26,37,40-41,46,48,50-56,59-60,75,87-89H,14-17,25,27-36,39,71-73H2,1-2H3,(H2,74,90)(H,76,100)(H,77,97)(H,78,93)(H,79,95)(H,80,98)(H,81,96)(H,82,101)(H,83,102)(H,84,94)(H,85,99)(H,91,92)/t40-,41-,46+,48+,50+,51+,52+,53+,54-,55+,56+,59+,60+/m1/s1. The summed E-state index contributed by atoms with van der Waals surface area (Å²) in [6.45, 7) is 1.69. The molecule has 0 aliphatic rings. The Morgan fingerprint density at radius 2 is 0.833 bits per heavy atom. The molecule has 5 rings (SSSR count). The lowest BCUT2D eigenvalue weighted by molar-refractivity contribution is -0.138. The van der Waals surface area contributed by atoms with Crippen molar-refractivity contribution in [2.45, 2.75) is 176 Å². The van der Waals surface area contributed by atoms with Crippen molar-refractivity contribution >= 4 is 88.1 Å². The molecule has 102 heavy (non-hydrogen) atoms. The van der Waals surface area contributed by atoms with Gasteiger partial charge in [-0.1, -0.05) is 116 Å². The Morgan fingerprint density at radius 1 is 0.451 bits per heavy atom. The number of nitrogens with two attached hydrogens (primary N) is 4. The van der Waals surface area contributed by atoms with Crippen molar-refractivity contribution in [3.63, 3.8) is 0 Å². The fourth-order valence-electron chi connectivity index (χ4n) is 10.8. The molecular weight excluding hydrogens is 1320 g/mol. The predicted octanol–water partition coefficient (Wildman–Crippen LogP) is -3.52. The number of aliphatic hydroxyl groups excluding tert-OH is 3. The quantitative estimate of drug-likeness (QED) is 0.0168. The number of fused-ring (bicyclic) bond motifs is 1. The molecule has 0 bridgehead atoms. The number of aromatic nitrogens is 1. The van der Waals surface area contributed by atoms with E-state index in [1.165, 1.54) is 6.29 Å². The van der Waals surface area contributed by atoms with Gasteiger partial charge in [-0.25, -0.2) is 0 Å². The number of carboxylic acids is 1. The Balaban J connectivity index is 1.45.